The summed E-state index contributed by atoms with van der Waals surface area (Å²) in [4.78, 5) is 0. The Labute approximate surface area is 104 Å². The molecule has 0 aromatic heterocycles. The molecular weight excluding hydrogens is 236 g/mol. The average Bonchev–Trinajstić information content (AvgIpc) is 2.30. The quantitative estimate of drug-likeness (QED) is 0.873. The van der Waals surface area contributed by atoms with Crippen LogP contribution in [-0.2, 0) is 13.1 Å². The highest BCUT2D eigenvalue weighted by molar-refractivity contribution is 5.28. The van der Waals surface area contributed by atoms with Gasteiger partial charge in [0.05, 0.1) is 0 Å². The van der Waals surface area contributed by atoms with E-state index in [0.29, 0.717) is 18.7 Å². The SMILES string of the molecule is Oc1cc(F)cc(CNCc2ccc(F)cc2)c1. The smallest absolute Gasteiger partial charge is 0.127 e. The van der Waals surface area contributed by atoms with Gasteiger partial charge in [0.25, 0.3) is 0 Å². The molecule has 2 rings (SSSR count). The fraction of sp³-hybridized carbons (Fsp3) is 0.143. The van der Waals surface area contributed by atoms with Crippen LogP contribution in [-0.4, -0.2) is 5.11 Å². The first-order chi connectivity index (χ1) is 8.63. The van der Waals surface area contributed by atoms with Gasteiger partial charge in [0.15, 0.2) is 0 Å². The standard InChI is InChI=1S/C14H13F2NO/c15-12-3-1-10(2-4-12)8-17-9-11-5-13(16)7-14(18)6-11/h1-7,17-18H,8-9H2. The minimum absolute atomic E-state index is 0.0893. The van der Waals surface area contributed by atoms with Crippen molar-refractivity contribution in [1.29, 1.82) is 0 Å². The third-order valence-corrected chi connectivity index (χ3v) is 2.51. The van der Waals surface area contributed by atoms with Crippen LogP contribution in [0.25, 0.3) is 0 Å². The summed E-state index contributed by atoms with van der Waals surface area (Å²) in [7, 11) is 0. The van der Waals surface area contributed by atoms with E-state index in [4.69, 9.17) is 0 Å². The van der Waals surface area contributed by atoms with Gasteiger partial charge < -0.3 is 10.4 Å². The Morgan fingerprint density at radius 2 is 1.50 bits per heavy atom. The van der Waals surface area contributed by atoms with Crippen LogP contribution >= 0.6 is 0 Å². The number of phenolic OH excluding ortho intramolecular Hbond substituents is 1. The van der Waals surface area contributed by atoms with Crippen LogP contribution in [0.1, 0.15) is 11.1 Å². The zero-order valence-corrected chi connectivity index (χ0v) is 9.66. The zero-order chi connectivity index (χ0) is 13.0. The van der Waals surface area contributed by atoms with Crippen molar-refractivity contribution >= 4 is 0 Å². The summed E-state index contributed by atoms with van der Waals surface area (Å²) in [5, 5.41) is 12.3. The number of hydrogen-bond donors (Lipinski definition) is 2. The molecule has 0 heterocycles. The molecule has 2 nitrogen and oxygen atoms in total. The maximum Gasteiger partial charge on any atom is 0.127 e. The number of nitrogens with one attached hydrogen (secondary N) is 1. The van der Waals surface area contributed by atoms with E-state index in [1.807, 2.05) is 0 Å². The molecule has 0 saturated heterocycles. The summed E-state index contributed by atoms with van der Waals surface area (Å²) < 4.78 is 25.7. The molecule has 0 amide bonds. The largest absolute Gasteiger partial charge is 0.508 e. The second-order valence-corrected chi connectivity index (χ2v) is 4.05. The highest BCUT2D eigenvalue weighted by Crippen LogP contribution is 2.14. The van der Waals surface area contributed by atoms with Crippen molar-refractivity contribution < 1.29 is 13.9 Å². The molecule has 4 heteroatoms. The Bertz CT molecular complexity index is 506. The predicted molar refractivity (Wildman–Crippen MR) is 65.0 cm³/mol. The fourth-order valence-electron chi connectivity index (χ4n) is 1.69. The van der Waals surface area contributed by atoms with Gasteiger partial charge in [-0.15, -0.1) is 0 Å². The van der Waals surface area contributed by atoms with Gasteiger partial charge in [-0.1, -0.05) is 12.1 Å². The van der Waals surface area contributed by atoms with Gasteiger partial charge in [-0.2, -0.15) is 0 Å². The highest BCUT2D eigenvalue weighted by Gasteiger charge is 2.00. The maximum atomic E-state index is 13.0. The Balaban J connectivity index is 1.90. The van der Waals surface area contributed by atoms with Gasteiger partial charge in [-0.25, -0.2) is 8.78 Å². The van der Waals surface area contributed by atoms with Crippen molar-refractivity contribution in [2.24, 2.45) is 0 Å². The third-order valence-electron chi connectivity index (χ3n) is 2.51. The van der Waals surface area contributed by atoms with Crippen LogP contribution in [0.2, 0.25) is 0 Å². The molecule has 0 spiro atoms. The van der Waals surface area contributed by atoms with Gasteiger partial charge in [-0.3, -0.25) is 0 Å². The van der Waals surface area contributed by atoms with E-state index in [9.17, 15) is 13.9 Å². The van der Waals surface area contributed by atoms with Crippen LogP contribution in [0.15, 0.2) is 42.5 Å². The Morgan fingerprint density at radius 3 is 2.17 bits per heavy atom. The van der Waals surface area contributed by atoms with E-state index in [0.717, 1.165) is 11.6 Å². The molecule has 0 atom stereocenters. The summed E-state index contributed by atoms with van der Waals surface area (Å²) in [6.07, 6.45) is 0. The summed E-state index contributed by atoms with van der Waals surface area (Å²) in [6, 6.07) is 10.1. The number of aromatic hydroxyl groups is 1. The molecule has 0 aliphatic carbocycles. The summed E-state index contributed by atoms with van der Waals surface area (Å²) in [5.41, 5.74) is 1.60. The lowest BCUT2D eigenvalue weighted by Crippen LogP contribution is -2.12. The first-order valence-electron chi connectivity index (χ1n) is 5.57. The molecule has 2 aromatic rings. The number of hydrogen-bond acceptors (Lipinski definition) is 2. The second kappa shape index (κ2) is 5.60. The van der Waals surface area contributed by atoms with Crippen molar-refractivity contribution in [1.82, 2.24) is 5.32 Å². The first-order valence-corrected chi connectivity index (χ1v) is 5.57. The fourth-order valence-corrected chi connectivity index (χ4v) is 1.69. The molecule has 0 unspecified atom stereocenters. The van der Waals surface area contributed by atoms with Crippen LogP contribution < -0.4 is 5.32 Å². The summed E-state index contributed by atoms with van der Waals surface area (Å²) >= 11 is 0. The minimum Gasteiger partial charge on any atom is -0.508 e. The predicted octanol–water partition coefficient (Wildman–Crippen LogP) is 2.96. The van der Waals surface area contributed by atoms with E-state index in [2.05, 4.69) is 5.32 Å². The molecule has 0 saturated carbocycles. The lowest BCUT2D eigenvalue weighted by Gasteiger charge is -2.06. The topological polar surface area (TPSA) is 32.3 Å². The molecule has 0 fully saturated rings. The highest BCUT2D eigenvalue weighted by atomic mass is 19.1. The van der Waals surface area contributed by atoms with E-state index in [1.165, 1.54) is 24.3 Å². The first kappa shape index (κ1) is 12.5. The van der Waals surface area contributed by atoms with Crippen molar-refractivity contribution in [3.05, 3.63) is 65.2 Å². The normalized spacial score (nSPS) is 10.6. The molecule has 18 heavy (non-hydrogen) atoms. The molecule has 0 bridgehead atoms. The van der Waals surface area contributed by atoms with Crippen LogP contribution in [0.5, 0.6) is 5.75 Å². The number of benzene rings is 2. The number of phenols is 1. The van der Waals surface area contributed by atoms with Crippen LogP contribution in [0.4, 0.5) is 8.78 Å². The van der Waals surface area contributed by atoms with Crippen molar-refractivity contribution in [2.75, 3.05) is 0 Å². The maximum absolute atomic E-state index is 13.0. The van der Waals surface area contributed by atoms with Crippen LogP contribution in [0.3, 0.4) is 0 Å². The minimum atomic E-state index is -0.464. The van der Waals surface area contributed by atoms with Crippen molar-refractivity contribution in [3.63, 3.8) is 0 Å². The van der Waals surface area contributed by atoms with Crippen LogP contribution in [0, 0.1) is 11.6 Å². The van der Waals surface area contributed by atoms with E-state index >= 15 is 0 Å². The van der Waals surface area contributed by atoms with Crippen molar-refractivity contribution in [2.45, 2.75) is 13.1 Å². The van der Waals surface area contributed by atoms with E-state index in [-0.39, 0.29) is 11.6 Å². The molecule has 2 N–H and O–H groups in total. The average molecular weight is 249 g/mol. The number of halogens is 2. The molecule has 0 aliphatic rings. The summed E-state index contributed by atoms with van der Waals surface area (Å²) in [5.74, 6) is -0.823. The van der Waals surface area contributed by atoms with Gasteiger partial charge >= 0.3 is 0 Å². The third kappa shape index (κ3) is 3.53. The Hall–Kier alpha value is -1.94. The molecule has 0 aliphatic heterocycles. The monoisotopic (exact) mass is 249 g/mol. The molecule has 2 aromatic carbocycles. The van der Waals surface area contributed by atoms with Gasteiger partial charge in [-0.05, 0) is 35.4 Å². The van der Waals surface area contributed by atoms with Gasteiger partial charge in [0, 0.05) is 19.2 Å². The molecule has 0 radical (unpaired) electrons. The van der Waals surface area contributed by atoms with E-state index in [1.54, 1.807) is 12.1 Å². The van der Waals surface area contributed by atoms with Gasteiger partial charge in [0.2, 0.25) is 0 Å². The van der Waals surface area contributed by atoms with Gasteiger partial charge in [0.1, 0.15) is 17.4 Å². The lowest BCUT2D eigenvalue weighted by atomic mass is 10.2. The zero-order valence-electron chi connectivity index (χ0n) is 9.66. The van der Waals surface area contributed by atoms with E-state index < -0.39 is 5.82 Å². The Morgan fingerprint density at radius 1 is 0.833 bits per heavy atom. The molecule has 94 valence electrons. The van der Waals surface area contributed by atoms with Crippen molar-refractivity contribution in [3.8, 4) is 5.75 Å². The number of rotatable bonds is 4. The lowest BCUT2D eigenvalue weighted by molar-refractivity contribution is 0.467. The Kier molecular flexibility index (Phi) is 3.89. The second-order valence-electron chi connectivity index (χ2n) is 4.05. The summed E-state index contributed by atoms with van der Waals surface area (Å²) in [6.45, 7) is 0.986. The molecular formula is C14H13F2NO.